The average molecular weight is 295 g/mol. The summed E-state index contributed by atoms with van der Waals surface area (Å²) >= 11 is 5.38. The van der Waals surface area contributed by atoms with Crippen LogP contribution in [-0.2, 0) is 4.74 Å². The third kappa shape index (κ3) is 3.96. The first-order valence-electron chi connectivity index (χ1n) is 5.21. The number of halogens is 1. The fraction of sp³-hybridized carbons (Fsp3) is 0.900. The molecule has 0 aromatic rings. The Kier molecular flexibility index (Phi) is 6.00. The minimum Gasteiger partial charge on any atom is -0.383 e. The SMILES string of the molecule is COCCN(C1=NCC(CBr)S1)C(C)C. The van der Waals surface area contributed by atoms with E-state index in [0.717, 1.165) is 25.0 Å². The van der Waals surface area contributed by atoms with Gasteiger partial charge in [0.15, 0.2) is 5.17 Å². The minimum absolute atomic E-state index is 0.487. The third-order valence-corrected chi connectivity index (χ3v) is 4.71. The highest BCUT2D eigenvalue weighted by molar-refractivity contribution is 9.09. The average Bonchev–Trinajstić information content (AvgIpc) is 2.66. The lowest BCUT2D eigenvalue weighted by atomic mass is 10.3. The van der Waals surface area contributed by atoms with E-state index in [-0.39, 0.29) is 0 Å². The molecule has 1 unspecified atom stereocenters. The van der Waals surface area contributed by atoms with E-state index in [1.807, 2.05) is 11.8 Å². The molecular weight excluding hydrogens is 276 g/mol. The molecule has 15 heavy (non-hydrogen) atoms. The van der Waals surface area contributed by atoms with Crippen LogP contribution in [-0.4, -0.2) is 53.5 Å². The van der Waals surface area contributed by atoms with Crippen molar-refractivity contribution in [2.45, 2.75) is 25.1 Å². The fourth-order valence-electron chi connectivity index (χ4n) is 1.41. The maximum absolute atomic E-state index is 5.12. The second-order valence-corrected chi connectivity index (χ2v) is 5.71. The smallest absolute Gasteiger partial charge is 0.159 e. The summed E-state index contributed by atoms with van der Waals surface area (Å²) in [5.74, 6) is 0. The zero-order chi connectivity index (χ0) is 11.3. The molecule has 0 aliphatic carbocycles. The normalized spacial score (nSPS) is 20.9. The minimum atomic E-state index is 0.487. The van der Waals surface area contributed by atoms with E-state index < -0.39 is 0 Å². The maximum atomic E-state index is 5.12. The summed E-state index contributed by atoms with van der Waals surface area (Å²) in [4.78, 5) is 6.90. The molecule has 1 atom stereocenters. The topological polar surface area (TPSA) is 24.8 Å². The standard InChI is InChI=1S/C10H19BrN2OS/c1-8(2)13(4-5-14-3)10-12-7-9(6-11)15-10/h8-9H,4-7H2,1-3H3. The van der Waals surface area contributed by atoms with E-state index in [0.29, 0.717) is 11.3 Å². The summed E-state index contributed by atoms with van der Waals surface area (Å²) in [6, 6.07) is 0.487. The van der Waals surface area contributed by atoms with Gasteiger partial charge in [0.05, 0.1) is 13.2 Å². The second kappa shape index (κ2) is 6.76. The molecule has 0 fully saturated rings. The molecule has 1 aliphatic rings. The number of nitrogens with zero attached hydrogens (tertiary/aromatic N) is 2. The third-order valence-electron chi connectivity index (χ3n) is 2.28. The van der Waals surface area contributed by atoms with Gasteiger partial charge in [0.25, 0.3) is 0 Å². The van der Waals surface area contributed by atoms with Gasteiger partial charge in [-0.15, -0.1) is 0 Å². The molecule has 0 aromatic heterocycles. The summed E-state index contributed by atoms with van der Waals surface area (Å²) < 4.78 is 5.12. The Morgan fingerprint density at radius 3 is 2.87 bits per heavy atom. The number of amidine groups is 1. The lowest BCUT2D eigenvalue weighted by molar-refractivity contribution is 0.168. The van der Waals surface area contributed by atoms with Gasteiger partial charge in [0, 0.05) is 30.3 Å². The van der Waals surface area contributed by atoms with Crippen molar-refractivity contribution < 1.29 is 4.74 Å². The number of rotatable bonds is 5. The summed E-state index contributed by atoms with van der Waals surface area (Å²) in [6.07, 6.45) is 0. The van der Waals surface area contributed by atoms with E-state index in [9.17, 15) is 0 Å². The van der Waals surface area contributed by atoms with Crippen molar-refractivity contribution in [2.75, 3.05) is 32.1 Å². The number of aliphatic imine (C=N–C) groups is 1. The second-order valence-electron chi connectivity index (χ2n) is 3.80. The number of hydrogen-bond acceptors (Lipinski definition) is 4. The molecule has 1 heterocycles. The van der Waals surface area contributed by atoms with Crippen LogP contribution in [0, 0.1) is 0 Å². The van der Waals surface area contributed by atoms with Crippen molar-refractivity contribution in [3.05, 3.63) is 0 Å². The van der Waals surface area contributed by atoms with Crippen LogP contribution in [0.25, 0.3) is 0 Å². The van der Waals surface area contributed by atoms with Crippen LogP contribution in [0.5, 0.6) is 0 Å². The number of ether oxygens (including phenoxy) is 1. The Hall–Kier alpha value is 0.260. The summed E-state index contributed by atoms with van der Waals surface area (Å²) in [7, 11) is 1.74. The van der Waals surface area contributed by atoms with E-state index in [1.165, 1.54) is 5.17 Å². The van der Waals surface area contributed by atoms with Crippen molar-refractivity contribution in [2.24, 2.45) is 4.99 Å². The van der Waals surface area contributed by atoms with Crippen LogP contribution in [0.4, 0.5) is 0 Å². The van der Waals surface area contributed by atoms with Crippen LogP contribution in [0.15, 0.2) is 4.99 Å². The van der Waals surface area contributed by atoms with E-state index in [2.05, 4.69) is 39.7 Å². The molecular formula is C10H19BrN2OS. The van der Waals surface area contributed by atoms with Gasteiger partial charge in [-0.3, -0.25) is 4.99 Å². The zero-order valence-corrected chi connectivity index (χ0v) is 12.0. The molecule has 1 aliphatic heterocycles. The van der Waals surface area contributed by atoms with Crippen LogP contribution < -0.4 is 0 Å². The van der Waals surface area contributed by atoms with Gasteiger partial charge < -0.3 is 9.64 Å². The van der Waals surface area contributed by atoms with Crippen molar-refractivity contribution in [3.8, 4) is 0 Å². The Morgan fingerprint density at radius 2 is 2.40 bits per heavy atom. The van der Waals surface area contributed by atoms with Crippen LogP contribution in [0.1, 0.15) is 13.8 Å². The predicted octanol–water partition coefficient (Wildman–Crippen LogP) is 2.21. The molecule has 0 saturated heterocycles. The lowest BCUT2D eigenvalue weighted by Gasteiger charge is -2.28. The molecule has 1 rings (SSSR count). The molecule has 0 amide bonds. The first-order valence-corrected chi connectivity index (χ1v) is 7.21. The van der Waals surface area contributed by atoms with Crippen LogP contribution >= 0.6 is 27.7 Å². The highest BCUT2D eigenvalue weighted by Gasteiger charge is 2.24. The van der Waals surface area contributed by atoms with Crippen molar-refractivity contribution >= 4 is 32.9 Å². The Morgan fingerprint density at radius 1 is 1.67 bits per heavy atom. The predicted molar refractivity (Wildman–Crippen MR) is 71.2 cm³/mol. The van der Waals surface area contributed by atoms with Crippen LogP contribution in [0.2, 0.25) is 0 Å². The van der Waals surface area contributed by atoms with Crippen molar-refractivity contribution in [1.29, 1.82) is 0 Å². The number of alkyl halides is 1. The number of thioether (sulfide) groups is 1. The Labute approximate surface area is 105 Å². The molecule has 0 N–H and O–H groups in total. The molecule has 88 valence electrons. The largest absolute Gasteiger partial charge is 0.383 e. The number of methoxy groups -OCH3 is 1. The Bertz CT molecular complexity index is 223. The van der Waals surface area contributed by atoms with E-state index in [1.54, 1.807) is 7.11 Å². The van der Waals surface area contributed by atoms with Gasteiger partial charge in [-0.05, 0) is 13.8 Å². The van der Waals surface area contributed by atoms with Gasteiger partial charge in [-0.25, -0.2) is 0 Å². The number of hydrogen-bond donors (Lipinski definition) is 0. The summed E-state index contributed by atoms with van der Waals surface area (Å²) in [5, 5.41) is 2.79. The first-order chi connectivity index (χ1) is 7.19. The molecule has 0 spiro atoms. The zero-order valence-electron chi connectivity index (χ0n) is 9.57. The molecule has 3 nitrogen and oxygen atoms in total. The van der Waals surface area contributed by atoms with Gasteiger partial charge in [-0.1, -0.05) is 27.7 Å². The molecule has 0 bridgehead atoms. The summed E-state index contributed by atoms with van der Waals surface area (Å²) in [5.41, 5.74) is 0. The van der Waals surface area contributed by atoms with Gasteiger partial charge >= 0.3 is 0 Å². The fourth-order valence-corrected chi connectivity index (χ4v) is 3.10. The Balaban J connectivity index is 2.50. The molecule has 0 saturated carbocycles. The van der Waals surface area contributed by atoms with E-state index in [4.69, 9.17) is 4.74 Å². The van der Waals surface area contributed by atoms with E-state index >= 15 is 0 Å². The molecule has 0 radical (unpaired) electrons. The lowest BCUT2D eigenvalue weighted by Crippen LogP contribution is -2.37. The van der Waals surface area contributed by atoms with Crippen molar-refractivity contribution in [1.82, 2.24) is 4.90 Å². The van der Waals surface area contributed by atoms with Crippen molar-refractivity contribution in [3.63, 3.8) is 0 Å². The highest BCUT2D eigenvalue weighted by Crippen LogP contribution is 2.25. The highest BCUT2D eigenvalue weighted by atomic mass is 79.9. The summed E-state index contributed by atoms with van der Waals surface area (Å²) in [6.45, 7) is 7.01. The van der Waals surface area contributed by atoms with Gasteiger partial charge in [0.2, 0.25) is 0 Å². The first kappa shape index (κ1) is 13.3. The van der Waals surface area contributed by atoms with Gasteiger partial charge in [0.1, 0.15) is 0 Å². The van der Waals surface area contributed by atoms with Gasteiger partial charge in [-0.2, -0.15) is 0 Å². The monoisotopic (exact) mass is 294 g/mol. The maximum Gasteiger partial charge on any atom is 0.159 e. The quantitative estimate of drug-likeness (QED) is 0.727. The van der Waals surface area contributed by atoms with Crippen LogP contribution in [0.3, 0.4) is 0 Å². The molecule has 5 heteroatoms. The molecule has 0 aromatic carbocycles.